The minimum absolute atomic E-state index is 0.150. The number of aromatic nitrogens is 1. The Morgan fingerprint density at radius 2 is 1.88 bits per heavy atom. The first-order valence-electron chi connectivity index (χ1n) is 10.5. The third-order valence-corrected chi connectivity index (χ3v) is 7.27. The van der Waals surface area contributed by atoms with Crippen molar-refractivity contribution in [1.82, 2.24) is 10.0 Å². The maximum Gasteiger partial charge on any atom is 0.338 e. The summed E-state index contributed by atoms with van der Waals surface area (Å²) in [6.45, 7) is 0. The largest absolute Gasteiger partial charge is 0.440 e. The first kappa shape index (κ1) is 23.3. The van der Waals surface area contributed by atoms with E-state index in [2.05, 4.69) is 0 Å². The number of amides is 2. The van der Waals surface area contributed by atoms with E-state index in [-0.39, 0.29) is 10.8 Å². The molecule has 3 N–H and O–H groups in total. The lowest BCUT2D eigenvalue weighted by molar-refractivity contribution is -0.0865. The molecular weight excluding hydrogens is 466 g/mol. The highest BCUT2D eigenvalue weighted by Crippen LogP contribution is 2.41. The van der Waals surface area contributed by atoms with Gasteiger partial charge in [0, 0.05) is 28.3 Å². The van der Waals surface area contributed by atoms with E-state index in [1.54, 1.807) is 42.5 Å². The van der Waals surface area contributed by atoms with Gasteiger partial charge in [-0.3, -0.25) is 5.21 Å². The highest BCUT2D eigenvalue weighted by Gasteiger charge is 2.33. The van der Waals surface area contributed by atoms with E-state index in [0.29, 0.717) is 51.4 Å². The summed E-state index contributed by atoms with van der Waals surface area (Å²) in [6.07, 6.45) is 3.68. The standard InChI is InChI=1S/C23H24ClN3O5S/c1-33(30,31)19-8-3-2-7-18(19)20-21(14-9-11-16(24)12-10-14)32-22(26-20)15-5-4-6-17(13-15)27(29)23(25)28/h2-3,7-12,15,17,29H,4-6,13H2,1H3,(H2,25,28). The highest BCUT2D eigenvalue weighted by molar-refractivity contribution is 7.90. The molecule has 0 spiro atoms. The van der Waals surface area contributed by atoms with Crippen LogP contribution in [0.4, 0.5) is 4.79 Å². The molecule has 33 heavy (non-hydrogen) atoms. The lowest BCUT2D eigenvalue weighted by Crippen LogP contribution is -2.43. The van der Waals surface area contributed by atoms with Crippen molar-refractivity contribution in [3.63, 3.8) is 0 Å². The number of urea groups is 1. The van der Waals surface area contributed by atoms with E-state index < -0.39 is 21.9 Å². The van der Waals surface area contributed by atoms with Crippen molar-refractivity contribution in [3.05, 3.63) is 59.4 Å². The Balaban J connectivity index is 1.82. The zero-order valence-electron chi connectivity index (χ0n) is 17.9. The van der Waals surface area contributed by atoms with Crippen LogP contribution in [0, 0.1) is 0 Å². The van der Waals surface area contributed by atoms with E-state index in [9.17, 15) is 18.4 Å². The molecule has 8 nitrogen and oxygen atoms in total. The summed E-state index contributed by atoms with van der Waals surface area (Å²) in [6, 6.07) is 12.3. The van der Waals surface area contributed by atoms with Crippen molar-refractivity contribution in [3.8, 4) is 22.6 Å². The predicted octanol–water partition coefficient (Wildman–Crippen LogP) is 4.86. The average molecular weight is 490 g/mol. The number of carbonyl (C=O) groups is 1. The number of hydrogen-bond acceptors (Lipinski definition) is 6. The van der Waals surface area contributed by atoms with Gasteiger partial charge in [-0.25, -0.2) is 23.3 Å². The topological polar surface area (TPSA) is 127 Å². The normalized spacial score (nSPS) is 18.8. The van der Waals surface area contributed by atoms with Gasteiger partial charge in [0.15, 0.2) is 21.5 Å². The number of hydroxylamine groups is 2. The maximum atomic E-state index is 12.5. The SMILES string of the molecule is CS(=O)(=O)c1ccccc1-c1nc(C2CCCC(N(O)C(N)=O)C2)oc1-c1ccc(Cl)cc1. The summed E-state index contributed by atoms with van der Waals surface area (Å²) in [4.78, 5) is 16.3. The molecule has 10 heteroatoms. The van der Waals surface area contributed by atoms with Gasteiger partial charge in [-0.05, 0) is 49.6 Å². The molecule has 0 saturated heterocycles. The first-order chi connectivity index (χ1) is 15.6. The smallest absolute Gasteiger partial charge is 0.338 e. The van der Waals surface area contributed by atoms with Crippen molar-refractivity contribution in [2.45, 2.75) is 42.5 Å². The van der Waals surface area contributed by atoms with Crippen molar-refractivity contribution >= 4 is 27.5 Å². The fraction of sp³-hybridized carbons (Fsp3) is 0.304. The molecule has 174 valence electrons. The molecule has 1 aromatic heterocycles. The molecule has 2 atom stereocenters. The third kappa shape index (κ3) is 4.90. The number of primary amides is 1. The molecule has 3 aromatic rings. The van der Waals surface area contributed by atoms with Crippen LogP contribution >= 0.6 is 11.6 Å². The molecule has 1 heterocycles. The number of sulfone groups is 1. The van der Waals surface area contributed by atoms with Crippen LogP contribution in [-0.4, -0.2) is 42.0 Å². The van der Waals surface area contributed by atoms with Gasteiger partial charge < -0.3 is 10.2 Å². The molecular formula is C23H24ClN3O5S. The second-order valence-electron chi connectivity index (χ2n) is 8.21. The molecule has 0 radical (unpaired) electrons. The molecule has 2 aromatic carbocycles. The number of oxazole rings is 1. The zero-order chi connectivity index (χ0) is 23.8. The van der Waals surface area contributed by atoms with E-state index >= 15 is 0 Å². The molecule has 1 fully saturated rings. The van der Waals surface area contributed by atoms with Gasteiger partial charge in [0.25, 0.3) is 0 Å². The van der Waals surface area contributed by atoms with Crippen LogP contribution in [0.2, 0.25) is 5.02 Å². The second-order valence-corrected chi connectivity index (χ2v) is 10.6. The van der Waals surface area contributed by atoms with Crippen molar-refractivity contribution in [2.75, 3.05) is 6.26 Å². The fourth-order valence-corrected chi connectivity index (χ4v) is 5.28. The van der Waals surface area contributed by atoms with Crippen LogP contribution in [0.15, 0.2) is 57.8 Å². The van der Waals surface area contributed by atoms with Gasteiger partial charge in [-0.2, -0.15) is 0 Å². The Labute approximate surface area is 196 Å². The Hall–Kier alpha value is -2.88. The van der Waals surface area contributed by atoms with Gasteiger partial charge in [0.2, 0.25) is 0 Å². The Kier molecular flexibility index (Phi) is 6.47. The quantitative estimate of drug-likeness (QED) is 0.389. The van der Waals surface area contributed by atoms with Crippen LogP contribution in [0.3, 0.4) is 0 Å². The number of carbonyl (C=O) groups excluding carboxylic acids is 1. The van der Waals surface area contributed by atoms with Crippen molar-refractivity contribution in [1.29, 1.82) is 0 Å². The monoisotopic (exact) mass is 489 g/mol. The van der Waals surface area contributed by atoms with E-state index in [0.717, 1.165) is 19.1 Å². The van der Waals surface area contributed by atoms with E-state index in [4.69, 9.17) is 26.7 Å². The summed E-state index contributed by atoms with van der Waals surface area (Å²) < 4.78 is 31.1. The Bertz CT molecular complexity index is 1270. The van der Waals surface area contributed by atoms with Crippen molar-refractivity contribution < 1.29 is 22.8 Å². The van der Waals surface area contributed by atoms with Crippen LogP contribution in [0.25, 0.3) is 22.6 Å². The minimum atomic E-state index is -3.53. The molecule has 4 rings (SSSR count). The number of benzene rings is 2. The fourth-order valence-electron chi connectivity index (χ4n) is 4.27. The van der Waals surface area contributed by atoms with Crippen LogP contribution < -0.4 is 5.73 Å². The molecule has 2 amide bonds. The Morgan fingerprint density at radius 3 is 2.55 bits per heavy atom. The summed E-state index contributed by atoms with van der Waals surface area (Å²) in [5.41, 5.74) is 6.78. The van der Waals surface area contributed by atoms with Gasteiger partial charge in [0.05, 0.1) is 10.9 Å². The van der Waals surface area contributed by atoms with Crippen LogP contribution in [0.5, 0.6) is 0 Å². The van der Waals surface area contributed by atoms with Gasteiger partial charge >= 0.3 is 6.03 Å². The van der Waals surface area contributed by atoms with E-state index in [1.807, 2.05) is 0 Å². The van der Waals surface area contributed by atoms with Crippen molar-refractivity contribution in [2.24, 2.45) is 5.73 Å². The maximum absolute atomic E-state index is 12.5. The lowest BCUT2D eigenvalue weighted by atomic mass is 9.85. The molecule has 1 aliphatic rings. The summed E-state index contributed by atoms with van der Waals surface area (Å²) in [5.74, 6) is 0.666. The average Bonchev–Trinajstić information content (AvgIpc) is 3.24. The lowest BCUT2D eigenvalue weighted by Gasteiger charge is -2.31. The number of hydrogen-bond donors (Lipinski definition) is 2. The summed E-state index contributed by atoms with van der Waals surface area (Å²) in [7, 11) is -3.53. The summed E-state index contributed by atoms with van der Waals surface area (Å²) >= 11 is 6.05. The third-order valence-electron chi connectivity index (χ3n) is 5.86. The molecule has 0 bridgehead atoms. The van der Waals surface area contributed by atoms with Crippen LogP contribution in [0.1, 0.15) is 37.5 Å². The van der Waals surface area contributed by atoms with Gasteiger partial charge in [0.1, 0.15) is 5.69 Å². The minimum Gasteiger partial charge on any atom is -0.440 e. The van der Waals surface area contributed by atoms with Gasteiger partial charge in [-0.15, -0.1) is 0 Å². The number of nitrogens with zero attached hydrogens (tertiary/aromatic N) is 2. The molecule has 0 aliphatic heterocycles. The zero-order valence-corrected chi connectivity index (χ0v) is 19.5. The predicted molar refractivity (Wildman–Crippen MR) is 124 cm³/mol. The van der Waals surface area contributed by atoms with Crippen LogP contribution in [-0.2, 0) is 9.84 Å². The molecule has 1 saturated carbocycles. The molecule has 1 aliphatic carbocycles. The first-order valence-corrected chi connectivity index (χ1v) is 12.8. The second kappa shape index (κ2) is 9.17. The Morgan fingerprint density at radius 1 is 1.18 bits per heavy atom. The van der Waals surface area contributed by atoms with E-state index in [1.165, 1.54) is 6.07 Å². The highest BCUT2D eigenvalue weighted by atomic mass is 35.5. The summed E-state index contributed by atoms with van der Waals surface area (Å²) in [5, 5.41) is 11.1. The van der Waals surface area contributed by atoms with Gasteiger partial charge in [-0.1, -0.05) is 36.2 Å². The number of nitrogens with two attached hydrogens (primary N) is 1. The number of halogens is 1. The number of rotatable bonds is 5. The molecule has 2 unspecified atom stereocenters.